The molecule has 0 radical (unpaired) electrons. The standard InChI is InChI=1S/C12H18N2/c1-6-12(4,5)11-7-8-13-14(11)9-10(2)3/h1,7-8,10H,9H2,2-5H3. The second kappa shape index (κ2) is 3.88. The molecule has 0 saturated carbocycles. The number of hydrogen-bond donors (Lipinski definition) is 0. The second-order valence-corrected chi connectivity index (χ2v) is 4.56. The first-order chi connectivity index (χ1) is 6.47. The third-order valence-electron chi connectivity index (χ3n) is 2.26. The SMILES string of the molecule is C#CC(C)(C)c1ccnn1CC(C)C. The molecular formula is C12H18N2. The first-order valence-corrected chi connectivity index (χ1v) is 4.97. The van der Waals surface area contributed by atoms with E-state index in [0.29, 0.717) is 5.92 Å². The van der Waals surface area contributed by atoms with Gasteiger partial charge in [0.15, 0.2) is 0 Å². The van der Waals surface area contributed by atoms with Crippen LogP contribution in [-0.2, 0) is 12.0 Å². The highest BCUT2D eigenvalue weighted by molar-refractivity contribution is 5.25. The first kappa shape index (κ1) is 10.8. The molecule has 0 N–H and O–H groups in total. The first-order valence-electron chi connectivity index (χ1n) is 4.97. The fourth-order valence-corrected chi connectivity index (χ4v) is 1.43. The van der Waals surface area contributed by atoms with E-state index < -0.39 is 0 Å². The van der Waals surface area contributed by atoms with Gasteiger partial charge in [0, 0.05) is 12.7 Å². The largest absolute Gasteiger partial charge is 0.268 e. The molecule has 2 heteroatoms. The van der Waals surface area contributed by atoms with Gasteiger partial charge in [-0.2, -0.15) is 5.10 Å². The van der Waals surface area contributed by atoms with E-state index in [0.717, 1.165) is 12.2 Å². The van der Waals surface area contributed by atoms with Crippen molar-refractivity contribution in [1.29, 1.82) is 0 Å². The van der Waals surface area contributed by atoms with Crippen molar-refractivity contribution in [2.45, 2.75) is 39.7 Å². The fraction of sp³-hybridized carbons (Fsp3) is 0.583. The van der Waals surface area contributed by atoms with Gasteiger partial charge in [0.05, 0.1) is 11.1 Å². The molecule has 0 atom stereocenters. The van der Waals surface area contributed by atoms with Crippen molar-refractivity contribution in [3.8, 4) is 12.3 Å². The number of aromatic nitrogens is 2. The Kier molecular flexibility index (Phi) is 3.00. The molecule has 76 valence electrons. The van der Waals surface area contributed by atoms with Gasteiger partial charge in [0.1, 0.15) is 0 Å². The predicted molar refractivity (Wildman–Crippen MR) is 58.9 cm³/mol. The summed E-state index contributed by atoms with van der Waals surface area (Å²) >= 11 is 0. The summed E-state index contributed by atoms with van der Waals surface area (Å²) in [5.74, 6) is 3.38. The van der Waals surface area contributed by atoms with Crippen LogP contribution in [0, 0.1) is 18.3 Å². The fourth-order valence-electron chi connectivity index (χ4n) is 1.43. The molecule has 14 heavy (non-hydrogen) atoms. The van der Waals surface area contributed by atoms with E-state index in [1.807, 2.05) is 30.8 Å². The lowest BCUT2D eigenvalue weighted by Gasteiger charge is -2.20. The summed E-state index contributed by atoms with van der Waals surface area (Å²) in [6.45, 7) is 9.36. The van der Waals surface area contributed by atoms with Crippen molar-refractivity contribution < 1.29 is 0 Å². The van der Waals surface area contributed by atoms with E-state index in [2.05, 4.69) is 24.9 Å². The summed E-state index contributed by atoms with van der Waals surface area (Å²) < 4.78 is 2.00. The third-order valence-corrected chi connectivity index (χ3v) is 2.26. The summed E-state index contributed by atoms with van der Waals surface area (Å²) in [6.07, 6.45) is 7.32. The molecule has 0 saturated heterocycles. The van der Waals surface area contributed by atoms with Gasteiger partial charge in [-0.15, -0.1) is 6.42 Å². The van der Waals surface area contributed by atoms with Crippen molar-refractivity contribution in [1.82, 2.24) is 9.78 Å². The zero-order valence-corrected chi connectivity index (χ0v) is 9.41. The number of terminal acetylenes is 1. The maximum absolute atomic E-state index is 5.51. The molecule has 0 unspecified atom stereocenters. The van der Waals surface area contributed by atoms with Crippen LogP contribution >= 0.6 is 0 Å². The van der Waals surface area contributed by atoms with Gasteiger partial charge in [0.25, 0.3) is 0 Å². The molecule has 1 rings (SSSR count). The van der Waals surface area contributed by atoms with Gasteiger partial charge in [-0.05, 0) is 25.8 Å². The summed E-state index contributed by atoms with van der Waals surface area (Å²) in [4.78, 5) is 0. The lowest BCUT2D eigenvalue weighted by Crippen LogP contribution is -2.21. The smallest absolute Gasteiger partial charge is 0.0672 e. The van der Waals surface area contributed by atoms with Crippen LogP contribution in [0.4, 0.5) is 0 Å². The van der Waals surface area contributed by atoms with E-state index in [4.69, 9.17) is 6.42 Å². The molecule has 0 fully saturated rings. The van der Waals surface area contributed by atoms with Crippen molar-refractivity contribution in [2.75, 3.05) is 0 Å². The van der Waals surface area contributed by atoms with Gasteiger partial charge in [0.2, 0.25) is 0 Å². The van der Waals surface area contributed by atoms with Crippen molar-refractivity contribution >= 4 is 0 Å². The van der Waals surface area contributed by atoms with E-state index in [1.165, 1.54) is 0 Å². The number of rotatable bonds is 3. The zero-order valence-electron chi connectivity index (χ0n) is 9.41. The van der Waals surface area contributed by atoms with Gasteiger partial charge in [-0.1, -0.05) is 19.8 Å². The Morgan fingerprint density at radius 2 is 2.21 bits per heavy atom. The average molecular weight is 190 g/mol. The Hall–Kier alpha value is -1.23. The van der Waals surface area contributed by atoms with Gasteiger partial charge >= 0.3 is 0 Å². The maximum atomic E-state index is 5.51. The summed E-state index contributed by atoms with van der Waals surface area (Å²) in [7, 11) is 0. The van der Waals surface area contributed by atoms with Crippen LogP contribution in [0.25, 0.3) is 0 Å². The average Bonchev–Trinajstić information content (AvgIpc) is 2.52. The Morgan fingerprint density at radius 1 is 1.57 bits per heavy atom. The molecule has 0 aromatic carbocycles. The normalized spacial score (nSPS) is 11.7. The van der Waals surface area contributed by atoms with Crippen LogP contribution in [0.5, 0.6) is 0 Å². The Balaban J connectivity index is 3.00. The molecule has 0 bridgehead atoms. The third kappa shape index (κ3) is 2.17. The van der Waals surface area contributed by atoms with Crippen LogP contribution in [0.2, 0.25) is 0 Å². The molecule has 1 heterocycles. The van der Waals surface area contributed by atoms with Crippen LogP contribution < -0.4 is 0 Å². The van der Waals surface area contributed by atoms with Gasteiger partial charge in [-0.3, -0.25) is 4.68 Å². The minimum Gasteiger partial charge on any atom is -0.268 e. The van der Waals surface area contributed by atoms with Gasteiger partial charge in [-0.25, -0.2) is 0 Å². The van der Waals surface area contributed by atoms with E-state index in [1.54, 1.807) is 0 Å². The van der Waals surface area contributed by atoms with Crippen LogP contribution in [-0.4, -0.2) is 9.78 Å². The summed E-state index contributed by atoms with van der Waals surface area (Å²) in [6, 6.07) is 2.00. The topological polar surface area (TPSA) is 17.8 Å². The van der Waals surface area contributed by atoms with E-state index >= 15 is 0 Å². The Labute approximate surface area is 86.3 Å². The highest BCUT2D eigenvalue weighted by Gasteiger charge is 2.21. The predicted octanol–water partition coefficient (Wildman–Crippen LogP) is 2.45. The Morgan fingerprint density at radius 3 is 2.71 bits per heavy atom. The van der Waals surface area contributed by atoms with Crippen LogP contribution in [0.15, 0.2) is 12.3 Å². The molecule has 0 aliphatic heterocycles. The second-order valence-electron chi connectivity index (χ2n) is 4.56. The van der Waals surface area contributed by atoms with Crippen LogP contribution in [0.1, 0.15) is 33.4 Å². The van der Waals surface area contributed by atoms with Crippen LogP contribution in [0.3, 0.4) is 0 Å². The minimum atomic E-state index is -0.231. The van der Waals surface area contributed by atoms with E-state index in [-0.39, 0.29) is 5.41 Å². The number of hydrogen-bond acceptors (Lipinski definition) is 1. The molecular weight excluding hydrogens is 172 g/mol. The Bertz CT molecular complexity index is 339. The maximum Gasteiger partial charge on any atom is 0.0672 e. The lowest BCUT2D eigenvalue weighted by molar-refractivity contribution is 0.447. The quantitative estimate of drug-likeness (QED) is 0.669. The summed E-state index contributed by atoms with van der Waals surface area (Å²) in [5, 5.41) is 4.29. The summed E-state index contributed by atoms with van der Waals surface area (Å²) in [5.41, 5.74) is 0.888. The molecule has 0 spiro atoms. The minimum absolute atomic E-state index is 0.231. The zero-order chi connectivity index (χ0) is 10.8. The number of nitrogens with zero attached hydrogens (tertiary/aromatic N) is 2. The van der Waals surface area contributed by atoms with Crippen molar-refractivity contribution in [2.24, 2.45) is 5.92 Å². The molecule has 1 aromatic rings. The molecule has 0 amide bonds. The van der Waals surface area contributed by atoms with Crippen molar-refractivity contribution in [3.05, 3.63) is 18.0 Å². The highest BCUT2D eigenvalue weighted by Crippen LogP contribution is 2.22. The van der Waals surface area contributed by atoms with E-state index in [9.17, 15) is 0 Å². The monoisotopic (exact) mass is 190 g/mol. The molecule has 0 aliphatic rings. The highest BCUT2D eigenvalue weighted by atomic mass is 15.3. The molecule has 1 aromatic heterocycles. The van der Waals surface area contributed by atoms with Gasteiger partial charge < -0.3 is 0 Å². The lowest BCUT2D eigenvalue weighted by atomic mass is 9.90. The van der Waals surface area contributed by atoms with Crippen molar-refractivity contribution in [3.63, 3.8) is 0 Å². The molecule has 2 nitrogen and oxygen atoms in total. The molecule has 0 aliphatic carbocycles.